The van der Waals surface area contributed by atoms with E-state index >= 15 is 0 Å². The van der Waals surface area contributed by atoms with Crippen molar-refractivity contribution in [2.24, 2.45) is 0 Å². The first-order valence-corrected chi connectivity index (χ1v) is 4.34. The molecule has 12 heavy (non-hydrogen) atoms. The van der Waals surface area contributed by atoms with E-state index in [1.165, 1.54) is 0 Å². The van der Waals surface area contributed by atoms with Crippen molar-refractivity contribution in [1.29, 1.82) is 0 Å². The molecule has 0 atom stereocenters. The molecule has 3 nitrogen and oxygen atoms in total. The fourth-order valence-electron chi connectivity index (χ4n) is 0.713. The van der Waals surface area contributed by atoms with Gasteiger partial charge in [-0.15, -0.1) is 10.2 Å². The first-order chi connectivity index (χ1) is 5.74. The Kier molecular flexibility index (Phi) is 3.22. The highest BCUT2D eigenvalue weighted by Gasteiger charge is 2.00. The minimum atomic E-state index is 0.553. The van der Waals surface area contributed by atoms with Gasteiger partial charge in [-0.3, -0.25) is 0 Å². The van der Waals surface area contributed by atoms with E-state index in [2.05, 4.69) is 32.7 Å². The van der Waals surface area contributed by atoms with Crippen molar-refractivity contribution in [3.8, 4) is 0 Å². The third kappa shape index (κ3) is 2.30. The number of nitrogens with zero attached hydrogens (tertiary/aromatic N) is 2. The van der Waals surface area contributed by atoms with Crippen molar-refractivity contribution >= 4 is 21.7 Å². The number of rotatable bonds is 3. The van der Waals surface area contributed by atoms with Gasteiger partial charge in [0, 0.05) is 0 Å². The SMILES string of the molecule is C=C(OCC)c1ccc(Br)nn1. The largest absolute Gasteiger partial charge is 0.492 e. The zero-order valence-electron chi connectivity index (χ0n) is 6.75. The number of hydrogen-bond acceptors (Lipinski definition) is 3. The molecule has 1 aromatic heterocycles. The third-order valence-corrected chi connectivity index (χ3v) is 1.66. The van der Waals surface area contributed by atoms with Crippen LogP contribution in [0.25, 0.3) is 5.76 Å². The summed E-state index contributed by atoms with van der Waals surface area (Å²) in [7, 11) is 0. The quantitative estimate of drug-likeness (QED) is 0.745. The molecule has 0 spiro atoms. The predicted molar refractivity (Wildman–Crippen MR) is 50.4 cm³/mol. The fraction of sp³-hybridized carbons (Fsp3) is 0.250. The zero-order chi connectivity index (χ0) is 8.97. The van der Waals surface area contributed by atoms with E-state index in [0.29, 0.717) is 22.7 Å². The molecule has 0 radical (unpaired) electrons. The van der Waals surface area contributed by atoms with Crippen molar-refractivity contribution in [1.82, 2.24) is 10.2 Å². The topological polar surface area (TPSA) is 35.0 Å². The Morgan fingerprint density at radius 1 is 1.58 bits per heavy atom. The molecule has 64 valence electrons. The first kappa shape index (κ1) is 9.19. The Bertz CT molecular complexity index is 271. The molecular formula is C8H9BrN2O. The van der Waals surface area contributed by atoms with E-state index in [1.807, 2.05) is 6.92 Å². The van der Waals surface area contributed by atoms with Crippen LogP contribution in [0.15, 0.2) is 23.3 Å². The van der Waals surface area contributed by atoms with Crippen LogP contribution in [0.4, 0.5) is 0 Å². The maximum absolute atomic E-state index is 5.16. The third-order valence-electron chi connectivity index (χ3n) is 1.24. The average Bonchev–Trinajstić information content (AvgIpc) is 2.06. The monoisotopic (exact) mass is 228 g/mol. The van der Waals surface area contributed by atoms with Crippen molar-refractivity contribution < 1.29 is 4.74 Å². The van der Waals surface area contributed by atoms with Crippen LogP contribution in [0.2, 0.25) is 0 Å². The lowest BCUT2D eigenvalue weighted by Crippen LogP contribution is -1.94. The van der Waals surface area contributed by atoms with Gasteiger partial charge in [0.15, 0.2) is 0 Å². The van der Waals surface area contributed by atoms with Crippen LogP contribution in [-0.4, -0.2) is 16.8 Å². The molecule has 0 bridgehead atoms. The van der Waals surface area contributed by atoms with Crippen LogP contribution >= 0.6 is 15.9 Å². The van der Waals surface area contributed by atoms with Gasteiger partial charge in [0.1, 0.15) is 16.1 Å². The van der Waals surface area contributed by atoms with Crippen LogP contribution in [-0.2, 0) is 4.74 Å². The van der Waals surface area contributed by atoms with Crippen LogP contribution in [0, 0.1) is 0 Å². The molecule has 0 unspecified atom stereocenters. The van der Waals surface area contributed by atoms with E-state index in [9.17, 15) is 0 Å². The van der Waals surface area contributed by atoms with Gasteiger partial charge in [-0.05, 0) is 35.0 Å². The summed E-state index contributed by atoms with van der Waals surface area (Å²) in [6.45, 7) is 6.20. The smallest absolute Gasteiger partial charge is 0.139 e. The molecule has 0 aliphatic carbocycles. The lowest BCUT2D eigenvalue weighted by Gasteiger charge is -2.03. The minimum absolute atomic E-state index is 0.553. The van der Waals surface area contributed by atoms with E-state index in [4.69, 9.17) is 4.74 Å². The van der Waals surface area contributed by atoms with E-state index in [0.717, 1.165) is 0 Å². The minimum Gasteiger partial charge on any atom is -0.492 e. The highest BCUT2D eigenvalue weighted by atomic mass is 79.9. The Morgan fingerprint density at radius 3 is 2.83 bits per heavy atom. The Balaban J connectivity index is 2.75. The van der Waals surface area contributed by atoms with Gasteiger partial charge in [0.25, 0.3) is 0 Å². The Hall–Kier alpha value is -0.900. The van der Waals surface area contributed by atoms with Gasteiger partial charge in [-0.1, -0.05) is 6.58 Å². The van der Waals surface area contributed by atoms with Gasteiger partial charge >= 0.3 is 0 Å². The molecule has 0 aromatic carbocycles. The molecule has 0 saturated heterocycles. The second-order valence-corrected chi connectivity index (χ2v) is 2.91. The van der Waals surface area contributed by atoms with Gasteiger partial charge < -0.3 is 4.74 Å². The standard InChI is InChI=1S/C8H9BrN2O/c1-3-12-6(2)7-4-5-8(9)11-10-7/h4-5H,2-3H2,1H3. The van der Waals surface area contributed by atoms with Gasteiger partial charge in [-0.25, -0.2) is 0 Å². The van der Waals surface area contributed by atoms with E-state index < -0.39 is 0 Å². The second-order valence-electron chi connectivity index (χ2n) is 2.10. The molecule has 0 amide bonds. The molecule has 1 rings (SSSR count). The summed E-state index contributed by atoms with van der Waals surface area (Å²) in [6.07, 6.45) is 0. The molecule has 0 aliphatic heterocycles. The average molecular weight is 229 g/mol. The molecule has 0 N–H and O–H groups in total. The molecule has 1 heterocycles. The summed E-state index contributed by atoms with van der Waals surface area (Å²) in [4.78, 5) is 0. The maximum Gasteiger partial charge on any atom is 0.139 e. The van der Waals surface area contributed by atoms with Crippen LogP contribution in [0.1, 0.15) is 12.6 Å². The van der Waals surface area contributed by atoms with Crippen molar-refractivity contribution in [3.05, 3.63) is 29.0 Å². The maximum atomic E-state index is 5.16. The molecule has 1 aromatic rings. The van der Waals surface area contributed by atoms with Gasteiger partial charge in [-0.2, -0.15) is 0 Å². The zero-order valence-corrected chi connectivity index (χ0v) is 8.34. The number of ether oxygens (including phenoxy) is 1. The molecule has 0 saturated carbocycles. The highest BCUT2D eigenvalue weighted by molar-refractivity contribution is 9.10. The summed E-state index contributed by atoms with van der Waals surface area (Å²) in [6, 6.07) is 3.60. The van der Waals surface area contributed by atoms with Crippen LogP contribution in [0.5, 0.6) is 0 Å². The number of halogens is 1. The van der Waals surface area contributed by atoms with Gasteiger partial charge in [0.05, 0.1) is 6.61 Å². The highest BCUT2D eigenvalue weighted by Crippen LogP contribution is 2.11. The lowest BCUT2D eigenvalue weighted by atomic mass is 10.3. The summed E-state index contributed by atoms with van der Waals surface area (Å²) >= 11 is 3.19. The van der Waals surface area contributed by atoms with Gasteiger partial charge in [0.2, 0.25) is 0 Å². The summed E-state index contributed by atoms with van der Waals surface area (Å²) in [5.74, 6) is 0.553. The predicted octanol–water partition coefficient (Wildman–Crippen LogP) is 2.25. The number of aromatic nitrogens is 2. The lowest BCUT2D eigenvalue weighted by molar-refractivity contribution is 0.297. The molecule has 0 fully saturated rings. The van der Waals surface area contributed by atoms with Crippen molar-refractivity contribution in [2.45, 2.75) is 6.92 Å². The normalized spacial score (nSPS) is 9.50. The van der Waals surface area contributed by atoms with Crippen molar-refractivity contribution in [3.63, 3.8) is 0 Å². The van der Waals surface area contributed by atoms with E-state index in [1.54, 1.807) is 12.1 Å². The molecular weight excluding hydrogens is 220 g/mol. The fourth-order valence-corrected chi connectivity index (χ4v) is 0.924. The Labute approximate surface area is 79.6 Å². The summed E-state index contributed by atoms with van der Waals surface area (Å²) < 4.78 is 5.86. The molecule has 0 aliphatic rings. The summed E-state index contributed by atoms with van der Waals surface area (Å²) in [5, 5.41) is 7.68. The first-order valence-electron chi connectivity index (χ1n) is 3.55. The number of hydrogen-bond donors (Lipinski definition) is 0. The van der Waals surface area contributed by atoms with Crippen LogP contribution in [0.3, 0.4) is 0 Å². The van der Waals surface area contributed by atoms with Crippen molar-refractivity contribution in [2.75, 3.05) is 6.61 Å². The van der Waals surface area contributed by atoms with Crippen LogP contribution < -0.4 is 0 Å². The molecule has 4 heteroatoms. The second kappa shape index (κ2) is 4.21. The summed E-state index contributed by atoms with van der Waals surface area (Å²) in [5.41, 5.74) is 0.667. The Morgan fingerprint density at radius 2 is 2.33 bits per heavy atom. The van der Waals surface area contributed by atoms with E-state index in [-0.39, 0.29) is 0 Å².